The van der Waals surface area contributed by atoms with Crippen LogP contribution in [-0.2, 0) is 0 Å². The van der Waals surface area contributed by atoms with Gasteiger partial charge in [-0.1, -0.05) is 32.0 Å². The minimum atomic E-state index is -0.236. The monoisotopic (exact) mass is 361 g/mol. The number of hydrogen-bond donors (Lipinski definition) is 2. The second-order valence-electron chi connectivity index (χ2n) is 6.52. The Morgan fingerprint density at radius 2 is 1.70 bits per heavy atom. The van der Waals surface area contributed by atoms with Gasteiger partial charge in [-0.15, -0.1) is 0 Å². The van der Waals surface area contributed by atoms with Crippen molar-refractivity contribution in [3.63, 3.8) is 0 Å². The highest BCUT2D eigenvalue weighted by Crippen LogP contribution is 2.21. The van der Waals surface area contributed by atoms with E-state index >= 15 is 0 Å². The van der Waals surface area contributed by atoms with E-state index in [2.05, 4.69) is 29.5 Å². The Kier molecular flexibility index (Phi) is 5.71. The van der Waals surface area contributed by atoms with Crippen molar-refractivity contribution >= 4 is 23.0 Å². The van der Waals surface area contributed by atoms with E-state index in [9.17, 15) is 4.79 Å². The molecule has 0 aliphatic carbocycles. The summed E-state index contributed by atoms with van der Waals surface area (Å²) < 4.78 is 5.21. The second-order valence-corrected chi connectivity index (χ2v) is 6.52. The molecule has 0 spiro atoms. The van der Waals surface area contributed by atoms with Crippen molar-refractivity contribution in [2.45, 2.75) is 19.8 Å². The largest absolute Gasteiger partial charge is 0.497 e. The van der Waals surface area contributed by atoms with Crippen LogP contribution in [0.1, 0.15) is 35.8 Å². The quantitative estimate of drug-likeness (QED) is 0.633. The predicted molar refractivity (Wildman–Crippen MR) is 109 cm³/mol. The van der Waals surface area contributed by atoms with E-state index in [1.165, 1.54) is 5.56 Å². The highest BCUT2D eigenvalue weighted by atomic mass is 16.5. The Labute approximate surface area is 159 Å². The van der Waals surface area contributed by atoms with Crippen LogP contribution in [0.5, 0.6) is 5.75 Å². The Bertz CT molecular complexity index is 904. The summed E-state index contributed by atoms with van der Waals surface area (Å²) in [7, 11) is 1.63. The van der Waals surface area contributed by atoms with Crippen molar-refractivity contribution in [3.05, 3.63) is 78.1 Å². The SMILES string of the molecule is COc1cccc(Nc2ccc(C(=O)Nc3ccc(C(C)C)cc3)nc2)c1. The van der Waals surface area contributed by atoms with Crippen LogP contribution in [0.4, 0.5) is 17.1 Å². The molecule has 3 rings (SSSR count). The molecule has 2 N–H and O–H groups in total. The third-order valence-electron chi connectivity index (χ3n) is 4.19. The number of carbonyl (C=O) groups is 1. The lowest BCUT2D eigenvalue weighted by molar-refractivity contribution is 0.102. The van der Waals surface area contributed by atoms with Crippen LogP contribution in [0.25, 0.3) is 0 Å². The maximum Gasteiger partial charge on any atom is 0.274 e. The van der Waals surface area contributed by atoms with Crippen molar-refractivity contribution < 1.29 is 9.53 Å². The molecule has 0 unspecified atom stereocenters. The Morgan fingerprint density at radius 1 is 0.963 bits per heavy atom. The summed E-state index contributed by atoms with van der Waals surface area (Å²) in [5.41, 5.74) is 4.03. The zero-order valence-electron chi connectivity index (χ0n) is 15.7. The number of ether oxygens (including phenoxy) is 1. The van der Waals surface area contributed by atoms with Gasteiger partial charge in [-0.3, -0.25) is 4.79 Å². The number of nitrogens with one attached hydrogen (secondary N) is 2. The zero-order chi connectivity index (χ0) is 19.2. The van der Waals surface area contributed by atoms with E-state index in [1.807, 2.05) is 54.6 Å². The van der Waals surface area contributed by atoms with Crippen molar-refractivity contribution in [1.29, 1.82) is 0 Å². The highest BCUT2D eigenvalue weighted by molar-refractivity contribution is 6.02. The van der Waals surface area contributed by atoms with Gasteiger partial charge in [0, 0.05) is 17.4 Å². The van der Waals surface area contributed by atoms with E-state index in [1.54, 1.807) is 19.4 Å². The summed E-state index contributed by atoms with van der Waals surface area (Å²) in [5.74, 6) is 0.994. The molecule has 0 saturated heterocycles. The number of pyridine rings is 1. The van der Waals surface area contributed by atoms with E-state index in [4.69, 9.17) is 4.74 Å². The van der Waals surface area contributed by atoms with Gasteiger partial charge in [-0.2, -0.15) is 0 Å². The second kappa shape index (κ2) is 8.36. The molecular formula is C22H23N3O2. The van der Waals surface area contributed by atoms with E-state index in [0.29, 0.717) is 11.6 Å². The summed E-state index contributed by atoms with van der Waals surface area (Å²) in [6.45, 7) is 4.28. The molecule has 0 aliphatic rings. The van der Waals surface area contributed by atoms with Gasteiger partial charge in [-0.25, -0.2) is 4.98 Å². The average Bonchev–Trinajstić information content (AvgIpc) is 2.69. The molecule has 1 heterocycles. The van der Waals surface area contributed by atoms with Crippen LogP contribution in [0, 0.1) is 0 Å². The van der Waals surface area contributed by atoms with Crippen LogP contribution in [-0.4, -0.2) is 18.0 Å². The molecule has 0 fully saturated rings. The van der Waals surface area contributed by atoms with Gasteiger partial charge < -0.3 is 15.4 Å². The van der Waals surface area contributed by atoms with Crippen LogP contribution in [0.3, 0.4) is 0 Å². The standard InChI is InChI=1S/C22H23N3O2/c1-15(2)16-7-9-17(10-8-16)25-22(26)21-12-11-19(14-23-21)24-18-5-4-6-20(13-18)27-3/h4-15,24H,1-3H3,(H,25,26). The molecule has 0 radical (unpaired) electrons. The molecular weight excluding hydrogens is 338 g/mol. The van der Waals surface area contributed by atoms with Gasteiger partial charge in [0.1, 0.15) is 11.4 Å². The van der Waals surface area contributed by atoms with Crippen LogP contribution in [0.2, 0.25) is 0 Å². The lowest BCUT2D eigenvalue weighted by atomic mass is 10.0. The molecule has 5 heteroatoms. The van der Waals surface area contributed by atoms with E-state index < -0.39 is 0 Å². The zero-order valence-corrected chi connectivity index (χ0v) is 15.7. The van der Waals surface area contributed by atoms with Gasteiger partial charge in [-0.05, 0) is 47.9 Å². The number of amides is 1. The minimum Gasteiger partial charge on any atom is -0.497 e. The first-order chi connectivity index (χ1) is 13.0. The smallest absolute Gasteiger partial charge is 0.274 e. The summed E-state index contributed by atoms with van der Waals surface area (Å²) in [5, 5.41) is 6.11. The van der Waals surface area contributed by atoms with Crippen LogP contribution < -0.4 is 15.4 Å². The fourth-order valence-electron chi connectivity index (χ4n) is 2.62. The first kappa shape index (κ1) is 18.5. The molecule has 0 bridgehead atoms. The Morgan fingerprint density at radius 3 is 2.33 bits per heavy atom. The number of rotatable bonds is 6. The van der Waals surface area contributed by atoms with Crippen molar-refractivity contribution in [2.24, 2.45) is 0 Å². The summed E-state index contributed by atoms with van der Waals surface area (Å²) in [6, 6.07) is 19.0. The van der Waals surface area contributed by atoms with Gasteiger partial charge in [0.05, 0.1) is 19.0 Å². The molecule has 1 amide bonds. The number of benzene rings is 2. The van der Waals surface area contributed by atoms with Crippen molar-refractivity contribution in [1.82, 2.24) is 4.98 Å². The molecule has 0 atom stereocenters. The van der Waals surface area contributed by atoms with Gasteiger partial charge >= 0.3 is 0 Å². The van der Waals surface area contributed by atoms with E-state index in [-0.39, 0.29) is 5.91 Å². The van der Waals surface area contributed by atoms with Crippen LogP contribution >= 0.6 is 0 Å². The Hall–Kier alpha value is -3.34. The molecule has 5 nitrogen and oxygen atoms in total. The summed E-state index contributed by atoms with van der Waals surface area (Å²) >= 11 is 0. The number of nitrogens with zero attached hydrogens (tertiary/aromatic N) is 1. The molecule has 138 valence electrons. The predicted octanol–water partition coefficient (Wildman–Crippen LogP) is 5.21. The first-order valence-electron chi connectivity index (χ1n) is 8.83. The highest BCUT2D eigenvalue weighted by Gasteiger charge is 2.08. The number of carbonyl (C=O) groups excluding carboxylic acids is 1. The lowest BCUT2D eigenvalue weighted by Crippen LogP contribution is -2.13. The van der Waals surface area contributed by atoms with Gasteiger partial charge in [0.2, 0.25) is 0 Å². The lowest BCUT2D eigenvalue weighted by Gasteiger charge is -2.10. The molecule has 3 aromatic rings. The fraction of sp³-hybridized carbons (Fsp3) is 0.182. The van der Waals surface area contributed by atoms with Gasteiger partial charge in [0.25, 0.3) is 5.91 Å². The normalized spacial score (nSPS) is 10.5. The maximum atomic E-state index is 12.4. The molecule has 2 aromatic carbocycles. The molecule has 0 saturated carbocycles. The van der Waals surface area contributed by atoms with E-state index in [0.717, 1.165) is 22.8 Å². The minimum absolute atomic E-state index is 0.236. The topological polar surface area (TPSA) is 63.2 Å². The summed E-state index contributed by atoms with van der Waals surface area (Å²) in [4.78, 5) is 16.6. The van der Waals surface area contributed by atoms with Crippen molar-refractivity contribution in [2.75, 3.05) is 17.7 Å². The van der Waals surface area contributed by atoms with Gasteiger partial charge in [0.15, 0.2) is 0 Å². The van der Waals surface area contributed by atoms with Crippen LogP contribution in [0.15, 0.2) is 66.9 Å². The third kappa shape index (κ3) is 4.85. The molecule has 27 heavy (non-hydrogen) atoms. The number of hydrogen-bond acceptors (Lipinski definition) is 4. The fourth-order valence-corrected chi connectivity index (χ4v) is 2.62. The average molecular weight is 361 g/mol. The maximum absolute atomic E-state index is 12.4. The van der Waals surface area contributed by atoms with Crippen molar-refractivity contribution in [3.8, 4) is 5.75 Å². The number of aromatic nitrogens is 1. The summed E-state index contributed by atoms with van der Waals surface area (Å²) in [6.07, 6.45) is 1.64. The number of anilines is 3. The Balaban J connectivity index is 1.64. The third-order valence-corrected chi connectivity index (χ3v) is 4.19. The molecule has 0 aliphatic heterocycles. The number of methoxy groups -OCH3 is 1. The molecule has 1 aromatic heterocycles. The first-order valence-corrected chi connectivity index (χ1v) is 8.83.